The Morgan fingerprint density at radius 2 is 1.50 bits per heavy atom. The van der Waals surface area contributed by atoms with Crippen LogP contribution in [0.25, 0.3) is 0 Å². The Morgan fingerprint density at radius 1 is 0.958 bits per heavy atom. The SMILES string of the molecule is Cc1c(N(C)C2CCCCC2)cc(C(C)(C)C)c(O)c1C(C)(C)C. The van der Waals surface area contributed by atoms with Gasteiger partial charge in [0.15, 0.2) is 0 Å². The van der Waals surface area contributed by atoms with E-state index in [1.807, 2.05) is 0 Å². The van der Waals surface area contributed by atoms with Crippen LogP contribution in [0.3, 0.4) is 0 Å². The van der Waals surface area contributed by atoms with Crippen molar-refractivity contribution in [3.63, 3.8) is 0 Å². The third-order valence-electron chi connectivity index (χ3n) is 5.59. The van der Waals surface area contributed by atoms with Crippen LogP contribution in [0.1, 0.15) is 90.3 Å². The molecule has 1 N–H and O–H groups in total. The predicted molar refractivity (Wildman–Crippen MR) is 106 cm³/mol. The van der Waals surface area contributed by atoms with E-state index >= 15 is 0 Å². The van der Waals surface area contributed by atoms with E-state index in [1.54, 1.807) is 0 Å². The smallest absolute Gasteiger partial charge is 0.123 e. The van der Waals surface area contributed by atoms with Gasteiger partial charge in [-0.25, -0.2) is 0 Å². The number of phenols is 1. The van der Waals surface area contributed by atoms with Gasteiger partial charge in [-0.05, 0) is 42.2 Å². The van der Waals surface area contributed by atoms with Gasteiger partial charge >= 0.3 is 0 Å². The first-order chi connectivity index (χ1) is 10.9. The molecule has 2 rings (SSSR count). The third kappa shape index (κ3) is 3.73. The van der Waals surface area contributed by atoms with E-state index in [9.17, 15) is 5.11 Å². The van der Waals surface area contributed by atoms with Gasteiger partial charge in [0.2, 0.25) is 0 Å². The molecule has 1 aliphatic carbocycles. The van der Waals surface area contributed by atoms with E-state index in [2.05, 4.69) is 66.5 Å². The quantitative estimate of drug-likeness (QED) is 0.711. The third-order valence-corrected chi connectivity index (χ3v) is 5.59. The summed E-state index contributed by atoms with van der Waals surface area (Å²) in [4.78, 5) is 2.48. The standard InChI is InChI=1S/C22H37NO/c1-15-18(23(8)16-12-10-9-11-13-16)14-17(21(2,3)4)20(24)19(15)22(5,6)7/h14,16,24H,9-13H2,1-8H3. The molecular weight excluding hydrogens is 294 g/mol. The molecule has 1 aromatic carbocycles. The van der Waals surface area contributed by atoms with E-state index in [1.165, 1.54) is 43.4 Å². The zero-order valence-electron chi connectivity index (χ0n) is 17.1. The fourth-order valence-corrected chi connectivity index (χ4v) is 4.27. The van der Waals surface area contributed by atoms with E-state index in [4.69, 9.17) is 0 Å². The van der Waals surface area contributed by atoms with Crippen molar-refractivity contribution in [1.82, 2.24) is 0 Å². The summed E-state index contributed by atoms with van der Waals surface area (Å²) in [5.41, 5.74) is 4.57. The highest BCUT2D eigenvalue weighted by molar-refractivity contribution is 5.66. The lowest BCUT2D eigenvalue weighted by Gasteiger charge is -2.37. The number of anilines is 1. The maximum atomic E-state index is 11.0. The lowest BCUT2D eigenvalue weighted by molar-refractivity contribution is 0.416. The van der Waals surface area contributed by atoms with E-state index in [0.29, 0.717) is 11.8 Å². The fraction of sp³-hybridized carbons (Fsp3) is 0.727. The lowest BCUT2D eigenvalue weighted by atomic mass is 9.76. The Kier molecular flexibility index (Phi) is 5.28. The maximum Gasteiger partial charge on any atom is 0.123 e. The van der Waals surface area contributed by atoms with E-state index < -0.39 is 0 Å². The molecule has 0 heterocycles. The number of hydrogen-bond donors (Lipinski definition) is 1. The van der Waals surface area contributed by atoms with Crippen molar-refractivity contribution < 1.29 is 5.11 Å². The molecule has 2 heteroatoms. The second-order valence-corrected chi connectivity index (χ2v) is 9.69. The van der Waals surface area contributed by atoms with Gasteiger partial charge in [-0.2, -0.15) is 0 Å². The molecule has 1 aromatic rings. The van der Waals surface area contributed by atoms with Gasteiger partial charge < -0.3 is 10.0 Å². The highest BCUT2D eigenvalue weighted by Crippen LogP contribution is 2.45. The van der Waals surface area contributed by atoms with Crippen molar-refractivity contribution in [3.05, 3.63) is 22.8 Å². The summed E-state index contributed by atoms with van der Waals surface area (Å²) >= 11 is 0. The molecule has 0 aliphatic heterocycles. The number of hydrogen-bond acceptors (Lipinski definition) is 2. The molecule has 1 saturated carbocycles. The zero-order valence-corrected chi connectivity index (χ0v) is 17.1. The summed E-state index contributed by atoms with van der Waals surface area (Å²) in [6, 6.07) is 2.87. The normalized spacial score (nSPS) is 17.2. The Morgan fingerprint density at radius 3 is 1.96 bits per heavy atom. The summed E-state index contributed by atoms with van der Waals surface area (Å²) in [6.45, 7) is 15.3. The summed E-state index contributed by atoms with van der Waals surface area (Å²) in [5, 5.41) is 11.0. The lowest BCUT2D eigenvalue weighted by Crippen LogP contribution is -2.34. The van der Waals surface area contributed by atoms with Crippen molar-refractivity contribution in [2.75, 3.05) is 11.9 Å². The average Bonchev–Trinajstić information content (AvgIpc) is 2.45. The predicted octanol–water partition coefficient (Wildman–Crippen LogP) is 6.06. The summed E-state index contributed by atoms with van der Waals surface area (Å²) in [6.07, 6.45) is 6.62. The molecule has 0 aromatic heterocycles. The minimum absolute atomic E-state index is 0.0695. The average molecular weight is 332 g/mol. The van der Waals surface area contributed by atoms with Crippen LogP contribution in [-0.4, -0.2) is 18.2 Å². The molecule has 0 unspecified atom stereocenters. The Hall–Kier alpha value is -1.18. The Bertz CT molecular complexity index is 583. The van der Waals surface area contributed by atoms with Crippen molar-refractivity contribution >= 4 is 5.69 Å². The van der Waals surface area contributed by atoms with Gasteiger partial charge in [0, 0.05) is 29.9 Å². The van der Waals surface area contributed by atoms with Crippen molar-refractivity contribution in [2.45, 2.75) is 97.4 Å². The second-order valence-electron chi connectivity index (χ2n) is 9.69. The zero-order chi connectivity index (χ0) is 18.3. The maximum absolute atomic E-state index is 11.0. The number of phenolic OH excluding ortho intramolecular Hbond substituents is 1. The van der Waals surface area contributed by atoms with Crippen molar-refractivity contribution in [2.24, 2.45) is 0 Å². The number of aromatic hydroxyl groups is 1. The highest BCUT2D eigenvalue weighted by Gasteiger charge is 2.31. The van der Waals surface area contributed by atoms with Gasteiger partial charge in [0.05, 0.1) is 0 Å². The molecule has 1 fully saturated rings. The molecule has 2 nitrogen and oxygen atoms in total. The van der Waals surface area contributed by atoms with Gasteiger partial charge in [-0.3, -0.25) is 0 Å². The monoisotopic (exact) mass is 331 g/mol. The first-order valence-corrected chi connectivity index (χ1v) is 9.55. The van der Waals surface area contributed by atoms with Crippen LogP contribution in [-0.2, 0) is 10.8 Å². The largest absolute Gasteiger partial charge is 0.507 e. The van der Waals surface area contributed by atoms with Crippen LogP contribution in [0.15, 0.2) is 6.07 Å². The van der Waals surface area contributed by atoms with Crippen LogP contribution in [0, 0.1) is 6.92 Å². The fourth-order valence-electron chi connectivity index (χ4n) is 4.27. The molecule has 1 aliphatic rings. The van der Waals surface area contributed by atoms with Crippen LogP contribution >= 0.6 is 0 Å². The van der Waals surface area contributed by atoms with Crippen LogP contribution < -0.4 is 4.90 Å². The topological polar surface area (TPSA) is 23.5 Å². The first-order valence-electron chi connectivity index (χ1n) is 9.55. The van der Waals surface area contributed by atoms with Gasteiger partial charge in [0.1, 0.15) is 5.75 Å². The Labute approximate surface area is 149 Å². The summed E-state index contributed by atoms with van der Waals surface area (Å²) in [5.74, 6) is 0.494. The summed E-state index contributed by atoms with van der Waals surface area (Å²) < 4.78 is 0. The first kappa shape index (κ1) is 19.1. The molecule has 24 heavy (non-hydrogen) atoms. The number of rotatable bonds is 2. The minimum Gasteiger partial charge on any atom is -0.507 e. The Balaban J connectivity index is 2.62. The van der Waals surface area contributed by atoms with Crippen molar-refractivity contribution in [3.8, 4) is 5.75 Å². The van der Waals surface area contributed by atoms with Gasteiger partial charge in [0.25, 0.3) is 0 Å². The van der Waals surface area contributed by atoms with Crippen LogP contribution in [0.2, 0.25) is 0 Å². The second kappa shape index (κ2) is 6.61. The minimum atomic E-state index is -0.0718. The summed E-state index contributed by atoms with van der Waals surface area (Å²) in [7, 11) is 2.24. The van der Waals surface area contributed by atoms with Crippen LogP contribution in [0.4, 0.5) is 5.69 Å². The molecule has 0 amide bonds. The van der Waals surface area contributed by atoms with Gasteiger partial charge in [-0.15, -0.1) is 0 Å². The van der Waals surface area contributed by atoms with E-state index in [0.717, 1.165) is 11.1 Å². The van der Waals surface area contributed by atoms with E-state index in [-0.39, 0.29) is 10.8 Å². The van der Waals surface area contributed by atoms with Crippen LogP contribution in [0.5, 0.6) is 5.75 Å². The number of nitrogens with zero attached hydrogens (tertiary/aromatic N) is 1. The van der Waals surface area contributed by atoms with Crippen molar-refractivity contribution in [1.29, 1.82) is 0 Å². The molecule has 0 saturated heterocycles. The molecule has 0 spiro atoms. The molecule has 0 atom stereocenters. The molecule has 0 bridgehead atoms. The molecule has 0 radical (unpaired) electrons. The highest BCUT2D eigenvalue weighted by atomic mass is 16.3. The molecule has 136 valence electrons. The molecular formula is C22H37NO. The van der Waals surface area contributed by atoms with Gasteiger partial charge in [-0.1, -0.05) is 60.8 Å². The number of benzene rings is 1.